The SMILES string of the molecule is CC(C)(CN)Cc1cc(-c2cccnc2)no1. The number of pyridine rings is 1. The van der Waals surface area contributed by atoms with E-state index in [1.165, 1.54) is 0 Å². The molecule has 4 nitrogen and oxygen atoms in total. The number of aromatic nitrogens is 2. The first-order chi connectivity index (χ1) is 8.11. The highest BCUT2D eigenvalue weighted by Gasteiger charge is 2.19. The Morgan fingerprint density at radius 2 is 2.24 bits per heavy atom. The van der Waals surface area contributed by atoms with Crippen molar-refractivity contribution in [2.45, 2.75) is 20.3 Å². The second-order valence-corrected chi connectivity index (χ2v) is 4.97. The minimum absolute atomic E-state index is 0.0335. The van der Waals surface area contributed by atoms with E-state index in [0.717, 1.165) is 23.4 Å². The quantitative estimate of drug-likeness (QED) is 0.876. The van der Waals surface area contributed by atoms with E-state index in [0.29, 0.717) is 6.54 Å². The highest BCUT2D eigenvalue weighted by Crippen LogP contribution is 2.24. The van der Waals surface area contributed by atoms with Crippen molar-refractivity contribution in [3.05, 3.63) is 36.4 Å². The third-order valence-corrected chi connectivity index (χ3v) is 2.72. The van der Waals surface area contributed by atoms with Crippen molar-refractivity contribution in [3.8, 4) is 11.3 Å². The zero-order valence-electron chi connectivity index (χ0n) is 10.2. The van der Waals surface area contributed by atoms with E-state index in [4.69, 9.17) is 10.3 Å². The monoisotopic (exact) mass is 231 g/mol. The summed E-state index contributed by atoms with van der Waals surface area (Å²) >= 11 is 0. The Morgan fingerprint density at radius 1 is 1.41 bits per heavy atom. The van der Waals surface area contributed by atoms with Crippen LogP contribution in [-0.4, -0.2) is 16.7 Å². The van der Waals surface area contributed by atoms with Gasteiger partial charge in [-0.1, -0.05) is 19.0 Å². The maximum Gasteiger partial charge on any atom is 0.137 e. The summed E-state index contributed by atoms with van der Waals surface area (Å²) in [5, 5.41) is 4.05. The average Bonchev–Trinajstić information content (AvgIpc) is 2.78. The number of hydrogen-bond donors (Lipinski definition) is 1. The molecule has 0 fully saturated rings. The largest absolute Gasteiger partial charge is 0.361 e. The first kappa shape index (κ1) is 11.8. The van der Waals surface area contributed by atoms with Crippen molar-refractivity contribution in [1.29, 1.82) is 0 Å². The average molecular weight is 231 g/mol. The van der Waals surface area contributed by atoms with Gasteiger partial charge in [0.1, 0.15) is 11.5 Å². The summed E-state index contributed by atoms with van der Waals surface area (Å²) in [6.07, 6.45) is 4.30. The zero-order chi connectivity index (χ0) is 12.3. The summed E-state index contributed by atoms with van der Waals surface area (Å²) < 4.78 is 5.32. The summed E-state index contributed by atoms with van der Waals surface area (Å²) in [5.74, 6) is 0.860. The van der Waals surface area contributed by atoms with Gasteiger partial charge in [-0.3, -0.25) is 4.98 Å². The number of nitrogens with zero attached hydrogens (tertiary/aromatic N) is 2. The van der Waals surface area contributed by atoms with Gasteiger partial charge in [-0.2, -0.15) is 0 Å². The molecule has 2 rings (SSSR count). The van der Waals surface area contributed by atoms with Crippen LogP contribution in [-0.2, 0) is 6.42 Å². The zero-order valence-corrected chi connectivity index (χ0v) is 10.2. The molecule has 0 unspecified atom stereocenters. The molecule has 2 N–H and O–H groups in total. The Balaban J connectivity index is 2.17. The number of hydrogen-bond acceptors (Lipinski definition) is 4. The van der Waals surface area contributed by atoms with Crippen LogP contribution in [0.4, 0.5) is 0 Å². The van der Waals surface area contributed by atoms with Gasteiger partial charge >= 0.3 is 0 Å². The minimum atomic E-state index is 0.0335. The van der Waals surface area contributed by atoms with E-state index >= 15 is 0 Å². The lowest BCUT2D eigenvalue weighted by Gasteiger charge is -2.19. The molecule has 4 heteroatoms. The van der Waals surface area contributed by atoms with Crippen LogP contribution in [0.25, 0.3) is 11.3 Å². The highest BCUT2D eigenvalue weighted by atomic mass is 16.5. The standard InChI is InChI=1S/C13H17N3O/c1-13(2,9-14)7-11-6-12(16-17-11)10-4-3-5-15-8-10/h3-6,8H,7,9,14H2,1-2H3. The molecule has 17 heavy (non-hydrogen) atoms. The van der Waals surface area contributed by atoms with Crippen LogP contribution in [0, 0.1) is 5.41 Å². The lowest BCUT2D eigenvalue weighted by Crippen LogP contribution is -2.25. The van der Waals surface area contributed by atoms with Crippen molar-refractivity contribution in [3.63, 3.8) is 0 Å². The van der Waals surface area contributed by atoms with Gasteiger partial charge in [0, 0.05) is 30.4 Å². The molecule has 2 aromatic heterocycles. The van der Waals surface area contributed by atoms with Crippen molar-refractivity contribution >= 4 is 0 Å². The van der Waals surface area contributed by atoms with Gasteiger partial charge in [-0.05, 0) is 24.1 Å². The summed E-state index contributed by atoms with van der Waals surface area (Å²) in [6, 6.07) is 5.80. The van der Waals surface area contributed by atoms with Crippen LogP contribution < -0.4 is 5.73 Å². The maximum atomic E-state index is 5.70. The van der Waals surface area contributed by atoms with Crippen molar-refractivity contribution in [1.82, 2.24) is 10.1 Å². The van der Waals surface area contributed by atoms with E-state index in [2.05, 4.69) is 24.0 Å². The van der Waals surface area contributed by atoms with Crippen LogP contribution in [0.5, 0.6) is 0 Å². The van der Waals surface area contributed by atoms with Crippen LogP contribution in [0.3, 0.4) is 0 Å². The summed E-state index contributed by atoms with van der Waals surface area (Å²) in [7, 11) is 0. The van der Waals surface area contributed by atoms with E-state index in [1.54, 1.807) is 12.4 Å². The van der Waals surface area contributed by atoms with Gasteiger partial charge in [0.2, 0.25) is 0 Å². The second-order valence-electron chi connectivity index (χ2n) is 4.97. The van der Waals surface area contributed by atoms with Crippen LogP contribution >= 0.6 is 0 Å². The van der Waals surface area contributed by atoms with Crippen molar-refractivity contribution in [2.24, 2.45) is 11.1 Å². The van der Waals surface area contributed by atoms with Gasteiger partial charge in [0.15, 0.2) is 0 Å². The smallest absolute Gasteiger partial charge is 0.137 e. The van der Waals surface area contributed by atoms with E-state index < -0.39 is 0 Å². The van der Waals surface area contributed by atoms with E-state index in [-0.39, 0.29) is 5.41 Å². The topological polar surface area (TPSA) is 64.9 Å². The number of nitrogens with two attached hydrogens (primary N) is 1. The predicted octanol–water partition coefficient (Wildman–Crippen LogP) is 2.26. The molecule has 0 aliphatic carbocycles. The molecule has 0 aliphatic rings. The van der Waals surface area contributed by atoms with Gasteiger partial charge in [-0.15, -0.1) is 0 Å². The fourth-order valence-corrected chi connectivity index (χ4v) is 1.59. The molecule has 0 aliphatic heterocycles. The Morgan fingerprint density at radius 3 is 2.88 bits per heavy atom. The fraction of sp³-hybridized carbons (Fsp3) is 0.385. The molecule has 0 radical (unpaired) electrons. The Labute approximate surface area is 101 Å². The first-order valence-electron chi connectivity index (χ1n) is 5.67. The third-order valence-electron chi connectivity index (χ3n) is 2.72. The number of rotatable bonds is 4. The molecule has 0 amide bonds. The summed E-state index contributed by atoms with van der Waals surface area (Å²) in [6.45, 7) is 4.84. The molecule has 0 spiro atoms. The van der Waals surface area contributed by atoms with Crippen molar-refractivity contribution < 1.29 is 4.52 Å². The molecule has 2 aromatic rings. The minimum Gasteiger partial charge on any atom is -0.361 e. The Kier molecular flexibility index (Phi) is 3.24. The van der Waals surface area contributed by atoms with Gasteiger partial charge in [0.05, 0.1) is 0 Å². The molecule has 0 saturated heterocycles. The normalized spacial score (nSPS) is 11.7. The summed E-state index contributed by atoms with van der Waals surface area (Å²) in [5.41, 5.74) is 7.52. The molecular formula is C13H17N3O. The van der Waals surface area contributed by atoms with E-state index in [9.17, 15) is 0 Å². The lowest BCUT2D eigenvalue weighted by molar-refractivity contribution is 0.307. The third kappa shape index (κ3) is 2.91. The maximum absolute atomic E-state index is 5.70. The Bertz CT molecular complexity index is 476. The molecule has 2 heterocycles. The van der Waals surface area contributed by atoms with Crippen LogP contribution in [0.15, 0.2) is 35.1 Å². The lowest BCUT2D eigenvalue weighted by atomic mass is 9.88. The van der Waals surface area contributed by atoms with Crippen LogP contribution in [0.2, 0.25) is 0 Å². The van der Waals surface area contributed by atoms with E-state index in [1.807, 2.05) is 18.2 Å². The first-order valence-corrected chi connectivity index (χ1v) is 5.67. The van der Waals surface area contributed by atoms with Gasteiger partial charge in [-0.25, -0.2) is 0 Å². The van der Waals surface area contributed by atoms with Crippen molar-refractivity contribution in [2.75, 3.05) is 6.54 Å². The highest BCUT2D eigenvalue weighted by molar-refractivity contribution is 5.57. The second kappa shape index (κ2) is 4.67. The summed E-state index contributed by atoms with van der Waals surface area (Å²) in [4.78, 5) is 4.06. The van der Waals surface area contributed by atoms with Crippen LogP contribution in [0.1, 0.15) is 19.6 Å². The molecule has 90 valence electrons. The molecule has 0 bridgehead atoms. The molecule has 0 aromatic carbocycles. The molecule has 0 atom stereocenters. The van der Waals surface area contributed by atoms with Gasteiger partial charge in [0.25, 0.3) is 0 Å². The van der Waals surface area contributed by atoms with Gasteiger partial charge < -0.3 is 10.3 Å². The predicted molar refractivity (Wildman–Crippen MR) is 66.3 cm³/mol. The fourth-order valence-electron chi connectivity index (χ4n) is 1.59. The molecule has 0 saturated carbocycles. The molecular weight excluding hydrogens is 214 g/mol. The Hall–Kier alpha value is -1.68.